The van der Waals surface area contributed by atoms with Crippen LogP contribution in [0.3, 0.4) is 0 Å². The van der Waals surface area contributed by atoms with Crippen molar-refractivity contribution in [3.05, 3.63) is 12.7 Å². The summed E-state index contributed by atoms with van der Waals surface area (Å²) in [6, 6.07) is 0.323. The van der Waals surface area contributed by atoms with Crippen LogP contribution in [0.2, 0.25) is 0 Å². The van der Waals surface area contributed by atoms with Crippen molar-refractivity contribution < 1.29 is 9.59 Å². The van der Waals surface area contributed by atoms with E-state index in [4.69, 9.17) is 0 Å². The highest BCUT2D eigenvalue weighted by Gasteiger charge is 2.36. The van der Waals surface area contributed by atoms with Gasteiger partial charge in [-0.1, -0.05) is 6.42 Å². The second-order valence-corrected chi connectivity index (χ2v) is 6.93. The first kappa shape index (κ1) is 16.9. The van der Waals surface area contributed by atoms with Crippen molar-refractivity contribution in [2.45, 2.75) is 58.0 Å². The summed E-state index contributed by atoms with van der Waals surface area (Å²) in [6.07, 6.45) is 8.80. The van der Waals surface area contributed by atoms with Gasteiger partial charge in [-0.3, -0.25) is 14.3 Å². The first-order valence-corrected chi connectivity index (χ1v) is 9.02. The molecular weight excluding hydrogens is 306 g/mol. The molecule has 1 aromatic rings. The average molecular weight is 333 g/mol. The van der Waals surface area contributed by atoms with Gasteiger partial charge in [0.2, 0.25) is 11.8 Å². The minimum atomic E-state index is 0.180. The number of amides is 2. The highest BCUT2D eigenvalue weighted by molar-refractivity contribution is 5.76. The molecule has 0 bridgehead atoms. The van der Waals surface area contributed by atoms with Gasteiger partial charge >= 0.3 is 0 Å². The molecule has 1 aromatic heterocycles. The van der Waals surface area contributed by atoms with Gasteiger partial charge in [0, 0.05) is 45.6 Å². The average Bonchev–Trinajstić information content (AvgIpc) is 2.99. The Morgan fingerprint density at radius 1 is 1.21 bits per heavy atom. The van der Waals surface area contributed by atoms with Crippen LogP contribution in [0.15, 0.2) is 12.7 Å². The van der Waals surface area contributed by atoms with E-state index in [1.807, 2.05) is 9.80 Å². The Bertz CT molecular complexity index is 559. The fraction of sp³-hybridized carbons (Fsp3) is 0.765. The zero-order chi connectivity index (χ0) is 16.9. The number of carbonyl (C=O) groups is 2. The maximum Gasteiger partial charge on any atom is 0.222 e. The predicted molar refractivity (Wildman–Crippen MR) is 89.0 cm³/mol. The third-order valence-electron chi connectivity index (χ3n) is 5.32. The van der Waals surface area contributed by atoms with E-state index >= 15 is 0 Å². The fourth-order valence-corrected chi connectivity index (χ4v) is 4.08. The van der Waals surface area contributed by atoms with Gasteiger partial charge in [0.1, 0.15) is 12.7 Å². The number of piperidine rings is 1. The number of hydrogen-bond acceptors (Lipinski definition) is 4. The molecule has 0 aromatic carbocycles. The summed E-state index contributed by atoms with van der Waals surface area (Å²) in [5.74, 6) is 0.844. The van der Waals surface area contributed by atoms with Crippen LogP contribution in [0.1, 0.15) is 45.4 Å². The minimum absolute atomic E-state index is 0.180. The number of aryl methyl sites for hydroxylation is 1. The monoisotopic (exact) mass is 333 g/mol. The molecule has 7 heteroatoms. The smallest absolute Gasteiger partial charge is 0.222 e. The van der Waals surface area contributed by atoms with Crippen molar-refractivity contribution in [2.75, 3.05) is 19.6 Å². The maximum atomic E-state index is 12.5. The molecule has 2 saturated heterocycles. The summed E-state index contributed by atoms with van der Waals surface area (Å²) in [7, 11) is 0. The second-order valence-electron chi connectivity index (χ2n) is 6.93. The second kappa shape index (κ2) is 7.77. The lowest BCUT2D eigenvalue weighted by molar-refractivity contribution is -0.137. The fourth-order valence-electron chi connectivity index (χ4n) is 4.08. The van der Waals surface area contributed by atoms with E-state index in [1.165, 1.54) is 6.33 Å². The molecule has 2 aliphatic heterocycles. The third kappa shape index (κ3) is 3.94. The van der Waals surface area contributed by atoms with Gasteiger partial charge in [0.15, 0.2) is 0 Å². The summed E-state index contributed by atoms with van der Waals surface area (Å²) in [4.78, 5) is 32.4. The zero-order valence-electron chi connectivity index (χ0n) is 14.4. The molecule has 2 amide bonds. The van der Waals surface area contributed by atoms with E-state index in [9.17, 15) is 9.59 Å². The molecule has 2 aliphatic rings. The molecule has 7 nitrogen and oxygen atoms in total. The van der Waals surface area contributed by atoms with Crippen molar-refractivity contribution in [3.8, 4) is 0 Å². The number of likely N-dealkylation sites (tertiary alicyclic amines) is 2. The first-order chi connectivity index (χ1) is 11.6. The summed E-state index contributed by atoms with van der Waals surface area (Å²) >= 11 is 0. The molecule has 24 heavy (non-hydrogen) atoms. The van der Waals surface area contributed by atoms with E-state index in [0.717, 1.165) is 58.3 Å². The number of rotatable bonds is 4. The largest absolute Gasteiger partial charge is 0.342 e. The van der Waals surface area contributed by atoms with Crippen LogP contribution in [0, 0.1) is 5.92 Å². The van der Waals surface area contributed by atoms with Crippen LogP contribution in [0.25, 0.3) is 0 Å². The van der Waals surface area contributed by atoms with Crippen molar-refractivity contribution in [2.24, 2.45) is 5.92 Å². The Hall–Kier alpha value is -1.92. The Labute approximate surface area is 143 Å². The number of aromatic nitrogens is 3. The molecule has 3 rings (SSSR count). The summed E-state index contributed by atoms with van der Waals surface area (Å²) in [5.41, 5.74) is 0. The Morgan fingerprint density at radius 2 is 2.08 bits per heavy atom. The van der Waals surface area contributed by atoms with E-state index in [1.54, 1.807) is 17.9 Å². The Balaban J connectivity index is 1.51. The first-order valence-electron chi connectivity index (χ1n) is 9.02. The quantitative estimate of drug-likeness (QED) is 0.833. The zero-order valence-corrected chi connectivity index (χ0v) is 14.4. The van der Waals surface area contributed by atoms with Gasteiger partial charge in [-0.05, 0) is 31.6 Å². The van der Waals surface area contributed by atoms with E-state index in [-0.39, 0.29) is 11.8 Å². The van der Waals surface area contributed by atoms with Gasteiger partial charge in [0.25, 0.3) is 0 Å². The Kier molecular flexibility index (Phi) is 5.48. The van der Waals surface area contributed by atoms with Crippen molar-refractivity contribution in [1.29, 1.82) is 0 Å². The SMILES string of the molecule is CC(=O)N1CCCC[C@H]2CN(C(=O)CCCn3cncn3)CC[C@H]21. The lowest BCUT2D eigenvalue weighted by Gasteiger charge is -2.42. The van der Waals surface area contributed by atoms with Crippen LogP contribution in [0.4, 0.5) is 0 Å². The highest BCUT2D eigenvalue weighted by atomic mass is 16.2. The van der Waals surface area contributed by atoms with Crippen molar-refractivity contribution >= 4 is 11.8 Å². The van der Waals surface area contributed by atoms with Crippen molar-refractivity contribution in [1.82, 2.24) is 24.6 Å². The molecule has 132 valence electrons. The molecule has 0 unspecified atom stereocenters. The van der Waals surface area contributed by atoms with Gasteiger partial charge in [-0.2, -0.15) is 5.10 Å². The standard InChI is InChI=1S/C17H27N5O2/c1-14(23)22-9-3-2-5-15-11-20(10-7-16(15)22)17(24)6-4-8-21-13-18-12-19-21/h12-13,15-16H,2-11H2,1H3/t15-,16+/m0/s1. The number of carbonyl (C=O) groups excluding carboxylic acids is 2. The third-order valence-corrected chi connectivity index (χ3v) is 5.32. The number of hydrogen-bond donors (Lipinski definition) is 0. The minimum Gasteiger partial charge on any atom is -0.342 e. The lowest BCUT2D eigenvalue weighted by Crippen LogP contribution is -2.53. The summed E-state index contributed by atoms with van der Waals surface area (Å²) in [6.45, 7) is 4.85. The van der Waals surface area contributed by atoms with Gasteiger partial charge in [-0.25, -0.2) is 4.98 Å². The van der Waals surface area contributed by atoms with Crippen LogP contribution in [-0.2, 0) is 16.1 Å². The van der Waals surface area contributed by atoms with Crippen molar-refractivity contribution in [3.63, 3.8) is 0 Å². The number of nitrogens with zero attached hydrogens (tertiary/aromatic N) is 5. The van der Waals surface area contributed by atoms with Crippen LogP contribution < -0.4 is 0 Å². The van der Waals surface area contributed by atoms with Gasteiger partial charge < -0.3 is 9.80 Å². The lowest BCUT2D eigenvalue weighted by atomic mass is 9.88. The van der Waals surface area contributed by atoms with Gasteiger partial charge in [-0.15, -0.1) is 0 Å². The summed E-state index contributed by atoms with van der Waals surface area (Å²) < 4.78 is 1.76. The molecule has 0 aliphatic carbocycles. The molecule has 3 heterocycles. The molecule has 0 N–H and O–H groups in total. The molecule has 2 atom stereocenters. The van der Waals surface area contributed by atoms with E-state index in [2.05, 4.69) is 10.1 Å². The maximum absolute atomic E-state index is 12.5. The molecular formula is C17H27N5O2. The van der Waals surface area contributed by atoms with E-state index < -0.39 is 0 Å². The molecule has 0 radical (unpaired) electrons. The molecule has 0 spiro atoms. The predicted octanol–water partition coefficient (Wildman–Crippen LogP) is 1.31. The molecule has 0 saturated carbocycles. The normalized spacial score (nSPS) is 24.4. The highest BCUT2D eigenvalue weighted by Crippen LogP contribution is 2.30. The summed E-state index contributed by atoms with van der Waals surface area (Å²) in [5, 5.41) is 4.06. The van der Waals surface area contributed by atoms with Crippen LogP contribution in [0.5, 0.6) is 0 Å². The van der Waals surface area contributed by atoms with E-state index in [0.29, 0.717) is 18.4 Å². The Morgan fingerprint density at radius 3 is 2.83 bits per heavy atom. The number of fused-ring (bicyclic) bond motifs is 1. The van der Waals surface area contributed by atoms with Crippen LogP contribution in [-0.4, -0.2) is 62.1 Å². The molecule has 2 fully saturated rings. The van der Waals surface area contributed by atoms with Crippen LogP contribution >= 0.6 is 0 Å². The topological polar surface area (TPSA) is 71.3 Å². The van der Waals surface area contributed by atoms with Gasteiger partial charge in [0.05, 0.1) is 0 Å².